The largest absolute Gasteiger partial charge is 0.444 e. The smallest absolute Gasteiger partial charge is 0.410 e. The average Bonchev–Trinajstić information content (AvgIpc) is 2.96. The molecule has 1 aromatic heterocycles. The van der Waals surface area contributed by atoms with Crippen LogP contribution in [-0.4, -0.2) is 34.0 Å². The average molecular weight is 391 g/mol. The standard InChI is InChI=1S/C19H22FN3O3S/c1-19(2,3)26-18(25)23-9-8-14-15(11-23)27-17(21-14)22-16(24)10-12-4-6-13(20)7-5-12/h4-7H,8-11H2,1-3H3,(H,21,22,24). The van der Waals surface area contributed by atoms with Crippen LogP contribution in [0.5, 0.6) is 0 Å². The highest BCUT2D eigenvalue weighted by molar-refractivity contribution is 7.15. The molecule has 6 nitrogen and oxygen atoms in total. The van der Waals surface area contributed by atoms with Crippen molar-refractivity contribution in [3.05, 3.63) is 46.2 Å². The van der Waals surface area contributed by atoms with E-state index in [2.05, 4.69) is 10.3 Å². The van der Waals surface area contributed by atoms with E-state index in [1.165, 1.54) is 23.5 Å². The molecule has 0 aliphatic carbocycles. The lowest BCUT2D eigenvalue weighted by atomic mass is 10.1. The van der Waals surface area contributed by atoms with E-state index in [9.17, 15) is 14.0 Å². The van der Waals surface area contributed by atoms with Crippen LogP contribution in [-0.2, 0) is 28.9 Å². The van der Waals surface area contributed by atoms with Crippen LogP contribution in [0.3, 0.4) is 0 Å². The number of amides is 2. The zero-order valence-electron chi connectivity index (χ0n) is 15.5. The van der Waals surface area contributed by atoms with Gasteiger partial charge in [0, 0.05) is 17.8 Å². The van der Waals surface area contributed by atoms with E-state index < -0.39 is 5.60 Å². The number of nitrogens with one attached hydrogen (secondary N) is 1. The molecule has 0 spiro atoms. The summed E-state index contributed by atoms with van der Waals surface area (Å²) in [6.07, 6.45) is 0.427. The van der Waals surface area contributed by atoms with Crippen molar-refractivity contribution >= 4 is 28.5 Å². The Kier molecular flexibility index (Phi) is 5.46. The van der Waals surface area contributed by atoms with Crippen molar-refractivity contribution in [2.75, 3.05) is 11.9 Å². The van der Waals surface area contributed by atoms with Gasteiger partial charge < -0.3 is 15.0 Å². The van der Waals surface area contributed by atoms with Crippen molar-refractivity contribution in [3.8, 4) is 0 Å². The molecule has 2 heterocycles. The van der Waals surface area contributed by atoms with Crippen LogP contribution in [0.4, 0.5) is 14.3 Å². The summed E-state index contributed by atoms with van der Waals surface area (Å²) in [5, 5.41) is 3.30. The Labute approximate surface area is 161 Å². The highest BCUT2D eigenvalue weighted by atomic mass is 32.1. The van der Waals surface area contributed by atoms with Gasteiger partial charge in [-0.25, -0.2) is 14.2 Å². The Hall–Kier alpha value is -2.48. The molecule has 1 aliphatic rings. The molecule has 144 valence electrons. The third-order valence-electron chi connectivity index (χ3n) is 3.91. The number of hydrogen-bond acceptors (Lipinski definition) is 5. The summed E-state index contributed by atoms with van der Waals surface area (Å²) in [4.78, 5) is 31.5. The summed E-state index contributed by atoms with van der Waals surface area (Å²) in [5.41, 5.74) is 1.09. The first-order chi connectivity index (χ1) is 12.7. The number of thiazole rings is 1. The molecule has 2 aromatic rings. The molecular formula is C19H22FN3O3S. The van der Waals surface area contributed by atoms with Gasteiger partial charge in [0.2, 0.25) is 5.91 Å². The fourth-order valence-electron chi connectivity index (χ4n) is 2.68. The van der Waals surface area contributed by atoms with Crippen molar-refractivity contribution in [2.24, 2.45) is 0 Å². The first kappa shape index (κ1) is 19.3. The molecule has 0 saturated carbocycles. The van der Waals surface area contributed by atoms with E-state index in [0.29, 0.717) is 24.6 Å². The molecule has 0 saturated heterocycles. The van der Waals surface area contributed by atoms with Crippen molar-refractivity contribution in [3.63, 3.8) is 0 Å². The fraction of sp³-hybridized carbons (Fsp3) is 0.421. The number of hydrogen-bond donors (Lipinski definition) is 1. The second-order valence-electron chi connectivity index (χ2n) is 7.39. The summed E-state index contributed by atoms with van der Waals surface area (Å²) >= 11 is 1.36. The molecule has 0 fully saturated rings. The number of carbonyl (C=O) groups excluding carboxylic acids is 2. The third kappa shape index (κ3) is 5.26. The number of aromatic nitrogens is 1. The number of rotatable bonds is 3. The van der Waals surface area contributed by atoms with Crippen LogP contribution in [0.25, 0.3) is 0 Å². The van der Waals surface area contributed by atoms with E-state index in [1.54, 1.807) is 17.0 Å². The summed E-state index contributed by atoms with van der Waals surface area (Å²) in [6, 6.07) is 5.83. The Morgan fingerprint density at radius 2 is 2.00 bits per heavy atom. The maximum atomic E-state index is 12.9. The van der Waals surface area contributed by atoms with E-state index in [0.717, 1.165) is 16.1 Å². The normalized spacial score (nSPS) is 13.9. The Balaban J connectivity index is 1.60. The number of nitrogens with zero attached hydrogens (tertiary/aromatic N) is 2. The maximum Gasteiger partial charge on any atom is 0.410 e. The van der Waals surface area contributed by atoms with Gasteiger partial charge in [-0.05, 0) is 38.5 Å². The number of anilines is 1. The van der Waals surface area contributed by atoms with Crippen LogP contribution in [0, 0.1) is 5.82 Å². The van der Waals surface area contributed by atoms with Crippen LogP contribution in [0.2, 0.25) is 0 Å². The first-order valence-electron chi connectivity index (χ1n) is 8.70. The van der Waals surface area contributed by atoms with Crippen molar-refractivity contribution in [1.29, 1.82) is 0 Å². The van der Waals surface area contributed by atoms with Crippen molar-refractivity contribution in [2.45, 2.75) is 45.8 Å². The van der Waals surface area contributed by atoms with Gasteiger partial charge in [-0.15, -0.1) is 0 Å². The Morgan fingerprint density at radius 1 is 1.30 bits per heavy atom. The summed E-state index contributed by atoms with van der Waals surface area (Å²) < 4.78 is 18.3. The van der Waals surface area contributed by atoms with Crippen molar-refractivity contribution in [1.82, 2.24) is 9.88 Å². The molecule has 1 aliphatic heterocycles. The SMILES string of the molecule is CC(C)(C)OC(=O)N1CCc2nc(NC(=O)Cc3ccc(F)cc3)sc2C1. The molecule has 0 bridgehead atoms. The van der Waals surface area contributed by atoms with Crippen LogP contribution < -0.4 is 5.32 Å². The number of halogens is 1. The molecule has 0 atom stereocenters. The zero-order chi connectivity index (χ0) is 19.6. The molecular weight excluding hydrogens is 369 g/mol. The molecule has 0 radical (unpaired) electrons. The molecule has 3 rings (SSSR count). The molecule has 1 aromatic carbocycles. The highest BCUT2D eigenvalue weighted by Crippen LogP contribution is 2.29. The van der Waals surface area contributed by atoms with E-state index in [1.807, 2.05) is 20.8 Å². The van der Waals surface area contributed by atoms with Gasteiger partial charge in [0.25, 0.3) is 0 Å². The van der Waals surface area contributed by atoms with Crippen LogP contribution in [0.1, 0.15) is 36.9 Å². The van der Waals surface area contributed by atoms with E-state index >= 15 is 0 Å². The van der Waals surface area contributed by atoms with Crippen LogP contribution in [0.15, 0.2) is 24.3 Å². The fourth-order valence-corrected chi connectivity index (χ4v) is 3.72. The minimum atomic E-state index is -0.537. The lowest BCUT2D eigenvalue weighted by Gasteiger charge is -2.29. The predicted molar refractivity (Wildman–Crippen MR) is 101 cm³/mol. The number of benzene rings is 1. The lowest BCUT2D eigenvalue weighted by molar-refractivity contribution is -0.115. The Bertz CT molecular complexity index is 843. The van der Waals surface area contributed by atoms with Gasteiger partial charge in [0.15, 0.2) is 5.13 Å². The molecule has 27 heavy (non-hydrogen) atoms. The maximum absolute atomic E-state index is 12.9. The minimum Gasteiger partial charge on any atom is -0.444 e. The lowest BCUT2D eigenvalue weighted by Crippen LogP contribution is -2.39. The number of ether oxygens (including phenoxy) is 1. The summed E-state index contributed by atoms with van der Waals surface area (Å²) in [7, 11) is 0. The Morgan fingerprint density at radius 3 is 2.67 bits per heavy atom. The van der Waals surface area contributed by atoms with Gasteiger partial charge in [0.1, 0.15) is 11.4 Å². The highest BCUT2D eigenvalue weighted by Gasteiger charge is 2.28. The first-order valence-corrected chi connectivity index (χ1v) is 9.52. The number of carbonyl (C=O) groups is 2. The second kappa shape index (κ2) is 7.64. The second-order valence-corrected chi connectivity index (χ2v) is 8.48. The summed E-state index contributed by atoms with van der Waals surface area (Å²) in [6.45, 7) is 6.47. The molecule has 8 heteroatoms. The van der Waals surface area contributed by atoms with Crippen LogP contribution >= 0.6 is 11.3 Å². The number of fused-ring (bicyclic) bond motifs is 1. The van der Waals surface area contributed by atoms with E-state index in [4.69, 9.17) is 4.74 Å². The topological polar surface area (TPSA) is 71.5 Å². The monoisotopic (exact) mass is 391 g/mol. The minimum absolute atomic E-state index is 0.147. The molecule has 1 N–H and O–H groups in total. The van der Waals surface area contributed by atoms with Gasteiger partial charge in [-0.3, -0.25) is 4.79 Å². The van der Waals surface area contributed by atoms with Crippen molar-refractivity contribution < 1.29 is 18.7 Å². The third-order valence-corrected chi connectivity index (χ3v) is 4.91. The van der Waals surface area contributed by atoms with Gasteiger partial charge in [-0.2, -0.15) is 0 Å². The quantitative estimate of drug-likeness (QED) is 0.865. The predicted octanol–water partition coefficient (Wildman–Crippen LogP) is 3.76. The van der Waals surface area contributed by atoms with Gasteiger partial charge >= 0.3 is 6.09 Å². The van der Waals surface area contributed by atoms with E-state index in [-0.39, 0.29) is 24.2 Å². The summed E-state index contributed by atoms with van der Waals surface area (Å²) in [5.74, 6) is -0.544. The molecule has 2 amide bonds. The molecule has 0 unspecified atom stereocenters. The van der Waals surface area contributed by atoms with Gasteiger partial charge in [-0.1, -0.05) is 23.5 Å². The zero-order valence-corrected chi connectivity index (χ0v) is 16.4. The van der Waals surface area contributed by atoms with Gasteiger partial charge in [0.05, 0.1) is 18.7 Å².